The van der Waals surface area contributed by atoms with Crippen LogP contribution >= 0.6 is 0 Å². The van der Waals surface area contributed by atoms with Gasteiger partial charge in [-0.25, -0.2) is 0 Å². The first kappa shape index (κ1) is 12.0. The molecule has 0 amide bonds. The first-order valence-electron chi connectivity index (χ1n) is 6.47. The number of nitrogens with zero attached hydrogens (tertiary/aromatic N) is 1. The number of hydrogen-bond acceptors (Lipinski definition) is 1. The van der Waals surface area contributed by atoms with Crippen molar-refractivity contribution in [2.24, 2.45) is 5.92 Å². The fourth-order valence-electron chi connectivity index (χ4n) is 2.20. The SMILES string of the molecule is C1CCCCC1.CC1CCN(C)CC1. The molecule has 2 rings (SSSR count). The highest BCUT2D eigenvalue weighted by Crippen LogP contribution is 2.15. The number of hydrogen-bond donors (Lipinski definition) is 0. The summed E-state index contributed by atoms with van der Waals surface area (Å²) < 4.78 is 0. The molecule has 1 nitrogen and oxygen atoms in total. The lowest BCUT2D eigenvalue weighted by atomic mass is 10.00. The van der Waals surface area contributed by atoms with E-state index in [1.165, 1.54) is 64.5 Å². The fourth-order valence-corrected chi connectivity index (χ4v) is 2.20. The minimum absolute atomic E-state index is 0.978. The van der Waals surface area contributed by atoms with Gasteiger partial charge >= 0.3 is 0 Å². The second kappa shape index (κ2) is 7.28. The van der Waals surface area contributed by atoms with E-state index in [0.717, 1.165) is 5.92 Å². The Morgan fingerprint density at radius 2 is 1.14 bits per heavy atom. The topological polar surface area (TPSA) is 3.24 Å². The second-order valence-electron chi connectivity index (χ2n) is 5.11. The lowest BCUT2D eigenvalue weighted by Crippen LogP contribution is -2.28. The molecule has 0 radical (unpaired) electrons. The standard InChI is InChI=1S/C7H15N.C6H12/c1-7-3-5-8(2)6-4-7;1-2-4-6-5-3-1/h7H,3-6H2,1-2H3;1-6H2. The van der Waals surface area contributed by atoms with Crippen molar-refractivity contribution in [1.82, 2.24) is 4.90 Å². The maximum atomic E-state index is 2.40. The summed E-state index contributed by atoms with van der Waals surface area (Å²) in [4.78, 5) is 2.40. The van der Waals surface area contributed by atoms with E-state index < -0.39 is 0 Å². The van der Waals surface area contributed by atoms with Crippen LogP contribution in [-0.2, 0) is 0 Å². The van der Waals surface area contributed by atoms with Gasteiger partial charge in [-0.2, -0.15) is 0 Å². The molecule has 0 bridgehead atoms. The van der Waals surface area contributed by atoms with Crippen LogP contribution < -0.4 is 0 Å². The van der Waals surface area contributed by atoms with E-state index in [1.807, 2.05) is 0 Å². The third-order valence-corrected chi connectivity index (χ3v) is 3.51. The van der Waals surface area contributed by atoms with Gasteiger partial charge in [0.2, 0.25) is 0 Å². The Hall–Kier alpha value is -0.0400. The van der Waals surface area contributed by atoms with E-state index in [1.54, 1.807) is 0 Å². The van der Waals surface area contributed by atoms with E-state index in [4.69, 9.17) is 0 Å². The molecule has 1 saturated heterocycles. The van der Waals surface area contributed by atoms with Gasteiger partial charge in [0.1, 0.15) is 0 Å². The zero-order chi connectivity index (χ0) is 10.2. The Bertz CT molecular complexity index is 99.7. The van der Waals surface area contributed by atoms with Crippen molar-refractivity contribution in [2.75, 3.05) is 20.1 Å². The van der Waals surface area contributed by atoms with Gasteiger partial charge in [0.25, 0.3) is 0 Å². The molecular formula is C13H27N. The van der Waals surface area contributed by atoms with Crippen molar-refractivity contribution in [2.45, 2.75) is 58.3 Å². The van der Waals surface area contributed by atoms with Crippen LogP contribution in [0.5, 0.6) is 0 Å². The van der Waals surface area contributed by atoms with Crippen LogP contribution in [0.3, 0.4) is 0 Å². The lowest BCUT2D eigenvalue weighted by molar-refractivity contribution is 0.230. The second-order valence-corrected chi connectivity index (χ2v) is 5.11. The van der Waals surface area contributed by atoms with Gasteiger partial charge in [0, 0.05) is 0 Å². The molecule has 84 valence electrons. The minimum atomic E-state index is 0.978. The molecule has 0 N–H and O–H groups in total. The van der Waals surface area contributed by atoms with Gasteiger partial charge in [-0.15, -0.1) is 0 Å². The largest absolute Gasteiger partial charge is 0.306 e. The van der Waals surface area contributed by atoms with E-state index in [0.29, 0.717) is 0 Å². The molecule has 1 aliphatic heterocycles. The van der Waals surface area contributed by atoms with Crippen LogP contribution in [0.15, 0.2) is 0 Å². The molecule has 0 unspecified atom stereocenters. The van der Waals surface area contributed by atoms with Crippen LogP contribution in [0.1, 0.15) is 58.3 Å². The average molecular weight is 197 g/mol. The van der Waals surface area contributed by atoms with Gasteiger partial charge in [0.15, 0.2) is 0 Å². The van der Waals surface area contributed by atoms with E-state index in [-0.39, 0.29) is 0 Å². The highest BCUT2D eigenvalue weighted by atomic mass is 15.1. The zero-order valence-corrected chi connectivity index (χ0v) is 10.1. The van der Waals surface area contributed by atoms with Crippen molar-refractivity contribution in [3.8, 4) is 0 Å². The lowest BCUT2D eigenvalue weighted by Gasteiger charge is -2.26. The summed E-state index contributed by atoms with van der Waals surface area (Å²) >= 11 is 0. The Kier molecular flexibility index (Phi) is 6.25. The predicted octanol–water partition coefficient (Wildman–Crippen LogP) is 3.69. The van der Waals surface area contributed by atoms with Gasteiger partial charge in [-0.05, 0) is 38.9 Å². The highest BCUT2D eigenvalue weighted by Gasteiger charge is 2.10. The number of likely N-dealkylation sites (tertiary alicyclic amines) is 1. The predicted molar refractivity (Wildman–Crippen MR) is 63.6 cm³/mol. The monoisotopic (exact) mass is 197 g/mol. The van der Waals surface area contributed by atoms with Crippen LogP contribution in [0.2, 0.25) is 0 Å². The Balaban J connectivity index is 0.000000146. The molecule has 0 atom stereocenters. The van der Waals surface area contributed by atoms with E-state index in [9.17, 15) is 0 Å². The molecule has 1 aliphatic carbocycles. The molecule has 0 aromatic rings. The van der Waals surface area contributed by atoms with Gasteiger partial charge < -0.3 is 4.90 Å². The van der Waals surface area contributed by atoms with Gasteiger partial charge in [-0.3, -0.25) is 0 Å². The summed E-state index contributed by atoms with van der Waals surface area (Å²) in [6.45, 7) is 4.95. The summed E-state index contributed by atoms with van der Waals surface area (Å²) in [5.41, 5.74) is 0. The third-order valence-electron chi connectivity index (χ3n) is 3.51. The molecule has 14 heavy (non-hydrogen) atoms. The highest BCUT2D eigenvalue weighted by molar-refractivity contribution is 4.65. The summed E-state index contributed by atoms with van der Waals surface area (Å²) in [6.07, 6.45) is 11.8. The molecule has 2 aliphatic rings. The smallest absolute Gasteiger partial charge is 0.00192 e. The summed E-state index contributed by atoms with van der Waals surface area (Å²) in [7, 11) is 2.20. The normalized spacial score (nSPS) is 25.3. The van der Waals surface area contributed by atoms with Crippen molar-refractivity contribution < 1.29 is 0 Å². The summed E-state index contributed by atoms with van der Waals surface area (Å²) in [5.74, 6) is 0.978. The summed E-state index contributed by atoms with van der Waals surface area (Å²) in [6, 6.07) is 0. The van der Waals surface area contributed by atoms with E-state index >= 15 is 0 Å². The van der Waals surface area contributed by atoms with Gasteiger partial charge in [0.05, 0.1) is 0 Å². The molecule has 1 saturated carbocycles. The van der Waals surface area contributed by atoms with Gasteiger partial charge in [-0.1, -0.05) is 45.4 Å². The Morgan fingerprint density at radius 1 is 0.786 bits per heavy atom. The molecule has 2 fully saturated rings. The molecule has 1 heterocycles. The number of rotatable bonds is 0. The molecule has 1 heteroatoms. The van der Waals surface area contributed by atoms with Crippen molar-refractivity contribution >= 4 is 0 Å². The van der Waals surface area contributed by atoms with Crippen LogP contribution in [0, 0.1) is 5.92 Å². The molecule has 0 aromatic heterocycles. The van der Waals surface area contributed by atoms with E-state index in [2.05, 4.69) is 18.9 Å². The van der Waals surface area contributed by atoms with Crippen molar-refractivity contribution in [3.05, 3.63) is 0 Å². The average Bonchev–Trinajstić information content (AvgIpc) is 2.26. The Labute approximate surface area is 89.9 Å². The summed E-state index contributed by atoms with van der Waals surface area (Å²) in [5, 5.41) is 0. The molecule has 0 aromatic carbocycles. The Morgan fingerprint density at radius 3 is 1.43 bits per heavy atom. The first-order chi connectivity index (χ1) is 6.79. The van der Waals surface area contributed by atoms with Crippen molar-refractivity contribution in [1.29, 1.82) is 0 Å². The van der Waals surface area contributed by atoms with Crippen molar-refractivity contribution in [3.63, 3.8) is 0 Å². The third kappa shape index (κ3) is 5.64. The molecular weight excluding hydrogens is 170 g/mol. The fraction of sp³-hybridized carbons (Fsp3) is 1.00. The quantitative estimate of drug-likeness (QED) is 0.572. The first-order valence-corrected chi connectivity index (χ1v) is 6.47. The maximum Gasteiger partial charge on any atom is -0.00192 e. The molecule has 0 spiro atoms. The number of piperidine rings is 1. The van der Waals surface area contributed by atoms with Crippen LogP contribution in [0.25, 0.3) is 0 Å². The van der Waals surface area contributed by atoms with Crippen LogP contribution in [-0.4, -0.2) is 25.0 Å². The zero-order valence-electron chi connectivity index (χ0n) is 10.1. The maximum absolute atomic E-state index is 2.40. The minimum Gasteiger partial charge on any atom is -0.306 e. The van der Waals surface area contributed by atoms with Crippen LogP contribution in [0.4, 0.5) is 0 Å².